The van der Waals surface area contributed by atoms with Crippen LogP contribution in [0.4, 0.5) is 14.5 Å². The molecule has 1 aromatic carbocycles. The van der Waals surface area contributed by atoms with Crippen molar-refractivity contribution in [2.75, 3.05) is 24.7 Å². The van der Waals surface area contributed by atoms with Crippen molar-refractivity contribution in [1.82, 2.24) is 4.72 Å². The number of hydrogen-bond donors (Lipinski definition) is 2. The van der Waals surface area contributed by atoms with Crippen LogP contribution < -0.4 is 10.0 Å². The van der Waals surface area contributed by atoms with Crippen molar-refractivity contribution in [3.05, 3.63) is 51.7 Å². The maximum absolute atomic E-state index is 13.1. The number of amides is 1. The first-order valence-electron chi connectivity index (χ1n) is 7.59. The number of carbonyl (C=O) groups excluding carboxylic acids is 2. The highest BCUT2D eigenvalue weighted by Crippen LogP contribution is 2.18. The van der Waals surface area contributed by atoms with E-state index in [1.807, 2.05) is 0 Å². The quantitative estimate of drug-likeness (QED) is 0.638. The van der Waals surface area contributed by atoms with Crippen molar-refractivity contribution in [1.29, 1.82) is 0 Å². The van der Waals surface area contributed by atoms with Crippen LogP contribution in [0.5, 0.6) is 0 Å². The Morgan fingerprint density at radius 2 is 1.89 bits per heavy atom. The summed E-state index contributed by atoms with van der Waals surface area (Å²) < 4.78 is 55.1. The zero-order chi connectivity index (χ0) is 20.0. The van der Waals surface area contributed by atoms with Gasteiger partial charge in [0.25, 0.3) is 5.91 Å². The van der Waals surface area contributed by atoms with E-state index in [2.05, 4.69) is 10.0 Å². The van der Waals surface area contributed by atoms with E-state index in [4.69, 9.17) is 4.74 Å². The van der Waals surface area contributed by atoms with Gasteiger partial charge in [0, 0.05) is 23.2 Å². The molecule has 0 aliphatic heterocycles. The molecule has 0 fully saturated rings. The minimum atomic E-state index is -3.28. The van der Waals surface area contributed by atoms with E-state index in [0.29, 0.717) is 6.42 Å². The van der Waals surface area contributed by atoms with Gasteiger partial charge >= 0.3 is 5.97 Å². The molecule has 0 spiro atoms. The molecule has 27 heavy (non-hydrogen) atoms. The van der Waals surface area contributed by atoms with E-state index in [1.165, 1.54) is 12.1 Å². The number of halogens is 2. The van der Waals surface area contributed by atoms with Gasteiger partial charge in [-0.1, -0.05) is 0 Å². The van der Waals surface area contributed by atoms with Gasteiger partial charge in [-0.2, -0.15) is 0 Å². The normalized spacial score (nSPS) is 11.2. The lowest BCUT2D eigenvalue weighted by molar-refractivity contribution is -0.119. The number of thiophene rings is 1. The number of hydrogen-bond acceptors (Lipinski definition) is 6. The lowest BCUT2D eigenvalue weighted by Gasteiger charge is -2.06. The van der Waals surface area contributed by atoms with Crippen molar-refractivity contribution in [3.8, 4) is 0 Å². The highest BCUT2D eigenvalue weighted by molar-refractivity contribution is 7.88. The number of sulfonamides is 1. The van der Waals surface area contributed by atoms with Crippen molar-refractivity contribution in [3.63, 3.8) is 0 Å². The van der Waals surface area contributed by atoms with Crippen LogP contribution in [0.3, 0.4) is 0 Å². The number of nitrogens with one attached hydrogen (secondary N) is 2. The zero-order valence-corrected chi connectivity index (χ0v) is 15.8. The Hall–Kier alpha value is -2.37. The monoisotopic (exact) mass is 418 g/mol. The molecule has 7 nitrogen and oxygen atoms in total. The summed E-state index contributed by atoms with van der Waals surface area (Å²) in [4.78, 5) is 24.7. The van der Waals surface area contributed by atoms with Crippen LogP contribution in [0.2, 0.25) is 0 Å². The molecular formula is C16H16F2N2O5S2. The van der Waals surface area contributed by atoms with Crippen LogP contribution in [0.15, 0.2) is 30.3 Å². The number of rotatable bonds is 8. The molecule has 0 bridgehead atoms. The van der Waals surface area contributed by atoms with Crippen LogP contribution >= 0.6 is 11.3 Å². The maximum Gasteiger partial charge on any atom is 0.348 e. The number of benzene rings is 1. The van der Waals surface area contributed by atoms with Gasteiger partial charge in [-0.3, -0.25) is 4.79 Å². The first-order chi connectivity index (χ1) is 12.6. The Bertz CT molecular complexity index is 944. The Kier molecular flexibility index (Phi) is 6.99. The van der Waals surface area contributed by atoms with E-state index in [-0.39, 0.29) is 17.1 Å². The molecule has 0 saturated heterocycles. The van der Waals surface area contributed by atoms with Gasteiger partial charge in [0.2, 0.25) is 10.0 Å². The second-order valence-electron chi connectivity index (χ2n) is 5.44. The summed E-state index contributed by atoms with van der Waals surface area (Å²) in [7, 11) is -3.28. The van der Waals surface area contributed by atoms with Crippen LogP contribution in [-0.4, -0.2) is 39.7 Å². The van der Waals surface area contributed by atoms with Gasteiger partial charge in [0.1, 0.15) is 4.88 Å². The number of esters is 1. The minimum Gasteiger partial charge on any atom is -0.451 e. The van der Waals surface area contributed by atoms with E-state index >= 15 is 0 Å². The molecule has 11 heteroatoms. The predicted molar refractivity (Wildman–Crippen MR) is 96.1 cm³/mol. The summed E-state index contributed by atoms with van der Waals surface area (Å²) in [5.74, 6) is -3.58. The Morgan fingerprint density at radius 3 is 2.56 bits per heavy atom. The Balaban J connectivity index is 1.81. The van der Waals surface area contributed by atoms with Gasteiger partial charge in [-0.05, 0) is 30.7 Å². The summed E-state index contributed by atoms with van der Waals surface area (Å²) in [6, 6.07) is 6.02. The van der Waals surface area contributed by atoms with Crippen LogP contribution in [-0.2, 0) is 26.0 Å². The first kappa shape index (κ1) is 20.9. The standard InChI is InChI=1S/C16H16F2N2O5S2/c1-27(23,24)19-7-6-11-3-5-14(26-11)16(22)25-9-15(21)20-10-2-4-12(17)13(18)8-10/h2-5,8,19H,6-7,9H2,1H3,(H,20,21). The Labute approximate surface area is 158 Å². The summed E-state index contributed by atoms with van der Waals surface area (Å²) in [5, 5.41) is 2.28. The molecule has 1 aromatic heterocycles. The molecular weight excluding hydrogens is 402 g/mol. The maximum atomic E-state index is 13.1. The van der Waals surface area contributed by atoms with Gasteiger partial charge in [0.15, 0.2) is 18.2 Å². The summed E-state index contributed by atoms with van der Waals surface area (Å²) in [5.41, 5.74) is 0.0340. The second-order valence-corrected chi connectivity index (χ2v) is 8.44. The van der Waals surface area contributed by atoms with E-state index in [1.54, 1.807) is 6.07 Å². The molecule has 2 rings (SSSR count). The van der Waals surface area contributed by atoms with Crippen LogP contribution in [0.25, 0.3) is 0 Å². The molecule has 1 heterocycles. The molecule has 0 aliphatic carbocycles. The molecule has 146 valence electrons. The summed E-state index contributed by atoms with van der Waals surface area (Å²) >= 11 is 1.12. The Morgan fingerprint density at radius 1 is 1.15 bits per heavy atom. The number of anilines is 1. The van der Waals surface area contributed by atoms with Crippen molar-refractivity contribution < 1.29 is 31.5 Å². The SMILES string of the molecule is CS(=O)(=O)NCCc1ccc(C(=O)OCC(=O)Nc2ccc(F)c(F)c2)s1. The number of ether oxygens (including phenoxy) is 1. The van der Waals surface area contributed by atoms with E-state index < -0.39 is 40.1 Å². The predicted octanol–water partition coefficient (Wildman–Crippen LogP) is 1.91. The summed E-state index contributed by atoms with van der Waals surface area (Å²) in [6.45, 7) is -0.398. The second kappa shape index (κ2) is 9.02. The topological polar surface area (TPSA) is 102 Å². The molecule has 0 atom stereocenters. The van der Waals surface area contributed by atoms with Gasteiger partial charge in [-0.15, -0.1) is 11.3 Å². The van der Waals surface area contributed by atoms with Crippen molar-refractivity contribution in [2.24, 2.45) is 0 Å². The molecule has 0 aliphatic rings. The minimum absolute atomic E-state index is 0.0340. The largest absolute Gasteiger partial charge is 0.451 e. The first-order valence-corrected chi connectivity index (χ1v) is 10.3. The fourth-order valence-corrected chi connectivity index (χ4v) is 3.33. The van der Waals surface area contributed by atoms with Crippen LogP contribution in [0.1, 0.15) is 14.5 Å². The molecule has 0 radical (unpaired) electrons. The fraction of sp³-hybridized carbons (Fsp3) is 0.250. The average molecular weight is 418 g/mol. The lowest BCUT2D eigenvalue weighted by atomic mass is 10.3. The third-order valence-electron chi connectivity index (χ3n) is 3.14. The fourth-order valence-electron chi connectivity index (χ4n) is 1.95. The summed E-state index contributed by atoms with van der Waals surface area (Å²) in [6.07, 6.45) is 1.46. The van der Waals surface area contributed by atoms with Crippen molar-refractivity contribution >= 4 is 38.9 Å². The molecule has 1 amide bonds. The molecule has 2 N–H and O–H groups in total. The molecule has 2 aromatic rings. The zero-order valence-electron chi connectivity index (χ0n) is 14.1. The molecule has 0 unspecified atom stereocenters. The third-order valence-corrected chi connectivity index (χ3v) is 4.99. The average Bonchev–Trinajstić information content (AvgIpc) is 3.04. The highest BCUT2D eigenvalue weighted by atomic mass is 32.2. The van der Waals surface area contributed by atoms with Gasteiger partial charge in [-0.25, -0.2) is 26.7 Å². The van der Waals surface area contributed by atoms with Crippen molar-refractivity contribution in [2.45, 2.75) is 6.42 Å². The number of carbonyl (C=O) groups is 2. The van der Waals surface area contributed by atoms with Crippen LogP contribution in [0, 0.1) is 11.6 Å². The third kappa shape index (κ3) is 7.04. The van der Waals surface area contributed by atoms with Gasteiger partial charge in [0.05, 0.1) is 6.26 Å². The van der Waals surface area contributed by atoms with E-state index in [0.717, 1.165) is 34.6 Å². The van der Waals surface area contributed by atoms with Gasteiger partial charge < -0.3 is 10.1 Å². The highest BCUT2D eigenvalue weighted by Gasteiger charge is 2.14. The molecule has 0 saturated carbocycles. The van der Waals surface area contributed by atoms with E-state index in [9.17, 15) is 26.8 Å². The lowest BCUT2D eigenvalue weighted by Crippen LogP contribution is -2.24. The smallest absolute Gasteiger partial charge is 0.348 e.